The van der Waals surface area contributed by atoms with Crippen molar-refractivity contribution in [2.24, 2.45) is 5.10 Å². The van der Waals surface area contributed by atoms with Crippen LogP contribution in [-0.2, 0) is 20.7 Å². The first-order valence-electron chi connectivity index (χ1n) is 9.08. The largest absolute Gasteiger partial charge is 0.461 e. The molecular weight excluding hydrogens is 342 g/mol. The number of amides is 1. The Hall–Kier alpha value is -3.02. The van der Waals surface area contributed by atoms with Gasteiger partial charge in [-0.05, 0) is 55.5 Å². The minimum Gasteiger partial charge on any atom is -0.461 e. The molecule has 0 N–H and O–H groups in total. The molecule has 0 saturated carbocycles. The lowest BCUT2D eigenvalue weighted by molar-refractivity contribution is -0.135. The van der Waals surface area contributed by atoms with E-state index in [4.69, 9.17) is 4.74 Å². The number of benzene rings is 1. The standard InChI is InChI=1S/C21H23N3O3/c1-15-7-8-16(2)19(13-15)24-20(25)10-9-18(23-24)21(26)27-12-4-6-17-5-3-11-22-14-17/h3,5,7-8,11,13-14H,4,6,9-10,12H2,1-2H3. The van der Waals surface area contributed by atoms with Crippen molar-refractivity contribution in [3.63, 3.8) is 0 Å². The molecule has 0 fully saturated rings. The highest BCUT2D eigenvalue weighted by Gasteiger charge is 2.27. The lowest BCUT2D eigenvalue weighted by atomic mass is 10.1. The van der Waals surface area contributed by atoms with Gasteiger partial charge in [-0.25, -0.2) is 4.79 Å². The Morgan fingerprint density at radius 3 is 2.85 bits per heavy atom. The Balaban J connectivity index is 1.62. The number of carbonyl (C=O) groups excluding carboxylic acids is 2. The molecule has 140 valence electrons. The van der Waals surface area contributed by atoms with Crippen molar-refractivity contribution in [1.82, 2.24) is 4.98 Å². The molecular formula is C21H23N3O3. The zero-order valence-electron chi connectivity index (χ0n) is 15.6. The smallest absolute Gasteiger partial charge is 0.354 e. The number of anilines is 1. The molecule has 1 aliphatic heterocycles. The van der Waals surface area contributed by atoms with Crippen LogP contribution >= 0.6 is 0 Å². The van der Waals surface area contributed by atoms with Gasteiger partial charge in [-0.1, -0.05) is 18.2 Å². The van der Waals surface area contributed by atoms with Gasteiger partial charge in [-0.2, -0.15) is 10.1 Å². The zero-order chi connectivity index (χ0) is 19.2. The second-order valence-electron chi connectivity index (χ2n) is 6.64. The topological polar surface area (TPSA) is 71.9 Å². The van der Waals surface area contributed by atoms with E-state index in [0.717, 1.165) is 23.1 Å². The molecule has 1 aromatic carbocycles. The summed E-state index contributed by atoms with van der Waals surface area (Å²) in [6.07, 6.45) is 5.60. The van der Waals surface area contributed by atoms with Gasteiger partial charge >= 0.3 is 5.97 Å². The zero-order valence-corrected chi connectivity index (χ0v) is 15.6. The van der Waals surface area contributed by atoms with E-state index in [9.17, 15) is 9.59 Å². The van der Waals surface area contributed by atoms with E-state index in [2.05, 4.69) is 10.1 Å². The van der Waals surface area contributed by atoms with E-state index >= 15 is 0 Å². The van der Waals surface area contributed by atoms with Crippen molar-refractivity contribution in [2.45, 2.75) is 39.5 Å². The number of nitrogens with zero attached hydrogens (tertiary/aromatic N) is 3. The van der Waals surface area contributed by atoms with E-state index < -0.39 is 5.97 Å². The Morgan fingerprint density at radius 2 is 2.07 bits per heavy atom. The molecule has 0 bridgehead atoms. The summed E-state index contributed by atoms with van der Waals surface area (Å²) in [6.45, 7) is 4.19. The molecule has 3 rings (SSSR count). The summed E-state index contributed by atoms with van der Waals surface area (Å²) in [5, 5.41) is 5.62. The first-order valence-corrected chi connectivity index (χ1v) is 9.08. The Labute approximate surface area is 158 Å². The number of rotatable bonds is 6. The molecule has 0 unspecified atom stereocenters. The van der Waals surface area contributed by atoms with Gasteiger partial charge in [0.15, 0.2) is 0 Å². The maximum Gasteiger partial charge on any atom is 0.354 e. The summed E-state index contributed by atoms with van der Waals surface area (Å²) < 4.78 is 5.35. The molecule has 1 aliphatic rings. The first kappa shape index (κ1) is 18.8. The van der Waals surface area contributed by atoms with Crippen LogP contribution in [0.2, 0.25) is 0 Å². The number of hydrogen-bond donors (Lipinski definition) is 0. The van der Waals surface area contributed by atoms with Gasteiger partial charge in [0.25, 0.3) is 0 Å². The van der Waals surface area contributed by atoms with Crippen molar-refractivity contribution in [3.05, 3.63) is 59.4 Å². The van der Waals surface area contributed by atoms with Gasteiger partial charge in [0.05, 0.1) is 12.3 Å². The van der Waals surface area contributed by atoms with Crippen LogP contribution in [0.15, 0.2) is 47.8 Å². The fourth-order valence-corrected chi connectivity index (χ4v) is 2.91. The lowest BCUT2D eigenvalue weighted by Crippen LogP contribution is -2.35. The molecule has 0 aliphatic carbocycles. The molecule has 2 aromatic rings. The number of aryl methyl sites for hydroxylation is 3. The molecule has 6 nitrogen and oxygen atoms in total. The summed E-state index contributed by atoms with van der Waals surface area (Å²) in [5.41, 5.74) is 4.07. The van der Waals surface area contributed by atoms with Crippen LogP contribution in [0.3, 0.4) is 0 Å². The van der Waals surface area contributed by atoms with Crippen molar-refractivity contribution in [1.29, 1.82) is 0 Å². The van der Waals surface area contributed by atoms with Crippen LogP contribution in [-0.4, -0.2) is 29.2 Å². The fourth-order valence-electron chi connectivity index (χ4n) is 2.91. The van der Waals surface area contributed by atoms with Crippen LogP contribution in [0, 0.1) is 13.8 Å². The van der Waals surface area contributed by atoms with Crippen LogP contribution < -0.4 is 5.01 Å². The summed E-state index contributed by atoms with van der Waals surface area (Å²) in [6, 6.07) is 9.70. The number of aromatic nitrogens is 1. The highest BCUT2D eigenvalue weighted by Crippen LogP contribution is 2.25. The van der Waals surface area contributed by atoms with Crippen molar-refractivity contribution in [2.75, 3.05) is 11.6 Å². The second kappa shape index (κ2) is 8.58. The minimum absolute atomic E-state index is 0.114. The Kier molecular flexibility index (Phi) is 5.96. The van der Waals surface area contributed by atoms with E-state index in [-0.39, 0.29) is 18.0 Å². The van der Waals surface area contributed by atoms with Gasteiger partial charge in [0.2, 0.25) is 5.91 Å². The van der Waals surface area contributed by atoms with Gasteiger partial charge in [0, 0.05) is 25.2 Å². The summed E-state index contributed by atoms with van der Waals surface area (Å²) in [5.74, 6) is -0.569. The third-order valence-electron chi connectivity index (χ3n) is 4.43. The lowest BCUT2D eigenvalue weighted by Gasteiger charge is -2.24. The monoisotopic (exact) mass is 365 g/mol. The van der Waals surface area contributed by atoms with E-state index in [1.807, 2.05) is 44.2 Å². The molecule has 2 heterocycles. The van der Waals surface area contributed by atoms with Crippen LogP contribution in [0.1, 0.15) is 36.0 Å². The molecule has 6 heteroatoms. The first-order chi connectivity index (χ1) is 13.0. The molecule has 0 saturated heterocycles. The van der Waals surface area contributed by atoms with Crippen LogP contribution in [0.25, 0.3) is 0 Å². The molecule has 27 heavy (non-hydrogen) atoms. The van der Waals surface area contributed by atoms with Crippen molar-refractivity contribution < 1.29 is 14.3 Å². The quantitative estimate of drug-likeness (QED) is 0.581. The normalized spacial score (nSPS) is 14.1. The highest BCUT2D eigenvalue weighted by atomic mass is 16.5. The van der Waals surface area contributed by atoms with Gasteiger partial charge < -0.3 is 4.74 Å². The average molecular weight is 365 g/mol. The van der Waals surface area contributed by atoms with Crippen LogP contribution in [0.4, 0.5) is 5.69 Å². The van der Waals surface area contributed by atoms with Gasteiger partial charge in [-0.3, -0.25) is 9.78 Å². The summed E-state index contributed by atoms with van der Waals surface area (Å²) in [7, 11) is 0. The third kappa shape index (κ3) is 4.78. The molecule has 0 atom stereocenters. The molecule has 0 spiro atoms. The van der Waals surface area contributed by atoms with E-state index in [1.54, 1.807) is 12.4 Å². The second-order valence-corrected chi connectivity index (χ2v) is 6.64. The SMILES string of the molecule is Cc1ccc(C)c(N2N=C(C(=O)OCCCc3cccnc3)CCC2=O)c1. The number of hydrazone groups is 1. The maximum atomic E-state index is 12.3. The average Bonchev–Trinajstić information content (AvgIpc) is 2.68. The Bertz CT molecular complexity index is 862. The van der Waals surface area contributed by atoms with Gasteiger partial charge in [-0.15, -0.1) is 0 Å². The summed E-state index contributed by atoms with van der Waals surface area (Å²) >= 11 is 0. The minimum atomic E-state index is -0.455. The number of hydrogen-bond acceptors (Lipinski definition) is 5. The van der Waals surface area contributed by atoms with Crippen molar-refractivity contribution in [3.8, 4) is 0 Å². The van der Waals surface area contributed by atoms with Gasteiger partial charge in [0.1, 0.15) is 5.71 Å². The molecule has 1 amide bonds. The Morgan fingerprint density at radius 1 is 1.22 bits per heavy atom. The van der Waals surface area contributed by atoms with Crippen molar-refractivity contribution >= 4 is 23.3 Å². The van der Waals surface area contributed by atoms with E-state index in [1.165, 1.54) is 5.01 Å². The molecule has 0 radical (unpaired) electrons. The predicted octanol–water partition coefficient (Wildman–Crippen LogP) is 3.36. The number of pyridine rings is 1. The summed E-state index contributed by atoms with van der Waals surface area (Å²) in [4.78, 5) is 28.7. The van der Waals surface area contributed by atoms with Crippen LogP contribution in [0.5, 0.6) is 0 Å². The van der Waals surface area contributed by atoms with E-state index in [0.29, 0.717) is 25.1 Å². The predicted molar refractivity (Wildman–Crippen MR) is 104 cm³/mol. The third-order valence-corrected chi connectivity index (χ3v) is 4.43. The fraction of sp³-hybridized carbons (Fsp3) is 0.333. The number of ether oxygens (including phenoxy) is 1. The highest BCUT2D eigenvalue weighted by molar-refractivity contribution is 6.38. The maximum absolute atomic E-state index is 12.3. The number of carbonyl (C=O) groups is 2. The molecule has 1 aromatic heterocycles. The number of esters is 1.